The first-order chi connectivity index (χ1) is 8.12. The fourth-order valence-corrected chi connectivity index (χ4v) is 1.48. The average molecular weight is 260 g/mol. The maximum atomic E-state index is 11.0. The third kappa shape index (κ3) is 3.42. The largest absolute Gasteiger partial charge is 0.495 e. The predicted octanol–water partition coefficient (Wildman–Crippen LogP) is 1.94. The molecule has 1 rings (SSSR count). The van der Waals surface area contributed by atoms with Gasteiger partial charge in [-0.25, -0.2) is 0 Å². The van der Waals surface area contributed by atoms with E-state index in [2.05, 4.69) is 10.1 Å². The Morgan fingerprint density at radius 1 is 1.24 bits per heavy atom. The van der Waals surface area contributed by atoms with Gasteiger partial charge < -0.3 is 19.5 Å². The Kier molecular flexibility index (Phi) is 4.90. The normalized spacial score (nSPS) is 9.65. The monoisotopic (exact) mass is 259 g/mol. The van der Waals surface area contributed by atoms with Gasteiger partial charge in [-0.05, 0) is 6.07 Å². The van der Waals surface area contributed by atoms with E-state index < -0.39 is 0 Å². The van der Waals surface area contributed by atoms with Crippen LogP contribution in [0, 0.1) is 0 Å². The number of ether oxygens (including phenoxy) is 3. The summed E-state index contributed by atoms with van der Waals surface area (Å²) in [6.07, 6.45) is 0. The van der Waals surface area contributed by atoms with E-state index in [1.54, 1.807) is 12.1 Å². The van der Waals surface area contributed by atoms with E-state index in [9.17, 15) is 4.79 Å². The van der Waals surface area contributed by atoms with Gasteiger partial charge in [-0.1, -0.05) is 11.6 Å². The van der Waals surface area contributed by atoms with Crippen LogP contribution in [0.3, 0.4) is 0 Å². The fraction of sp³-hybridized carbons (Fsp3) is 0.364. The van der Waals surface area contributed by atoms with Crippen molar-refractivity contribution in [3.8, 4) is 11.5 Å². The molecule has 0 heterocycles. The third-order valence-electron chi connectivity index (χ3n) is 2.12. The molecule has 0 amide bonds. The molecule has 0 bridgehead atoms. The molecule has 0 aliphatic carbocycles. The number of hydrogen-bond donors (Lipinski definition) is 1. The lowest BCUT2D eigenvalue weighted by molar-refractivity contribution is -0.138. The van der Waals surface area contributed by atoms with E-state index in [1.165, 1.54) is 21.3 Å². The Balaban J connectivity index is 2.90. The summed E-state index contributed by atoms with van der Waals surface area (Å²) in [7, 11) is 4.36. The van der Waals surface area contributed by atoms with Crippen molar-refractivity contribution in [2.24, 2.45) is 0 Å². The van der Waals surface area contributed by atoms with Crippen molar-refractivity contribution in [1.82, 2.24) is 0 Å². The van der Waals surface area contributed by atoms with Gasteiger partial charge >= 0.3 is 5.97 Å². The van der Waals surface area contributed by atoms with Crippen LogP contribution >= 0.6 is 11.6 Å². The minimum Gasteiger partial charge on any atom is -0.495 e. The number of carbonyl (C=O) groups is 1. The minimum absolute atomic E-state index is 0.0372. The highest BCUT2D eigenvalue weighted by Crippen LogP contribution is 2.35. The second-order valence-electron chi connectivity index (χ2n) is 3.12. The zero-order valence-electron chi connectivity index (χ0n) is 9.87. The zero-order valence-corrected chi connectivity index (χ0v) is 10.6. The Morgan fingerprint density at radius 3 is 2.41 bits per heavy atom. The second-order valence-corrected chi connectivity index (χ2v) is 3.52. The van der Waals surface area contributed by atoms with Gasteiger partial charge in [0.15, 0.2) is 0 Å². The summed E-state index contributed by atoms with van der Waals surface area (Å²) in [5.74, 6) is 0.668. The SMILES string of the molecule is COC(=O)CNc1cc(Cl)c(OC)cc1OC. The Hall–Kier alpha value is -1.62. The highest BCUT2D eigenvalue weighted by Gasteiger charge is 2.10. The lowest BCUT2D eigenvalue weighted by Crippen LogP contribution is -2.15. The van der Waals surface area contributed by atoms with Crippen LogP contribution in [0.5, 0.6) is 11.5 Å². The topological polar surface area (TPSA) is 56.8 Å². The van der Waals surface area contributed by atoms with Crippen LogP contribution in [0.2, 0.25) is 5.02 Å². The predicted molar refractivity (Wildman–Crippen MR) is 65.1 cm³/mol. The van der Waals surface area contributed by atoms with Crippen LogP contribution in [0.4, 0.5) is 5.69 Å². The molecule has 0 fully saturated rings. The first-order valence-electron chi connectivity index (χ1n) is 4.84. The van der Waals surface area contributed by atoms with Gasteiger partial charge in [0.1, 0.15) is 18.0 Å². The molecule has 1 aromatic carbocycles. The number of halogens is 1. The van der Waals surface area contributed by atoms with Gasteiger partial charge in [-0.2, -0.15) is 0 Å². The van der Waals surface area contributed by atoms with E-state index in [0.717, 1.165) is 0 Å². The van der Waals surface area contributed by atoms with E-state index >= 15 is 0 Å². The van der Waals surface area contributed by atoms with Crippen molar-refractivity contribution in [1.29, 1.82) is 0 Å². The summed E-state index contributed by atoms with van der Waals surface area (Å²) < 4.78 is 14.7. The molecule has 1 aromatic rings. The quantitative estimate of drug-likeness (QED) is 0.819. The lowest BCUT2D eigenvalue weighted by atomic mass is 10.2. The van der Waals surface area contributed by atoms with Crippen LogP contribution in [0.15, 0.2) is 12.1 Å². The van der Waals surface area contributed by atoms with E-state index in [-0.39, 0.29) is 12.5 Å². The van der Waals surface area contributed by atoms with Gasteiger partial charge in [0.2, 0.25) is 0 Å². The van der Waals surface area contributed by atoms with Crippen LogP contribution in [-0.4, -0.2) is 33.8 Å². The van der Waals surface area contributed by atoms with Gasteiger partial charge in [-0.15, -0.1) is 0 Å². The molecule has 5 nitrogen and oxygen atoms in total. The van der Waals surface area contributed by atoms with Gasteiger partial charge in [0, 0.05) is 6.07 Å². The average Bonchev–Trinajstić information content (AvgIpc) is 2.35. The Morgan fingerprint density at radius 2 is 1.88 bits per heavy atom. The molecule has 0 saturated carbocycles. The molecule has 0 aliphatic rings. The molecule has 17 heavy (non-hydrogen) atoms. The molecule has 0 spiro atoms. The first-order valence-corrected chi connectivity index (χ1v) is 5.22. The van der Waals surface area contributed by atoms with Crippen LogP contribution < -0.4 is 14.8 Å². The van der Waals surface area contributed by atoms with Crippen molar-refractivity contribution >= 4 is 23.3 Å². The second kappa shape index (κ2) is 6.20. The molecule has 0 saturated heterocycles. The minimum atomic E-state index is -0.376. The Bertz CT molecular complexity index is 409. The summed E-state index contributed by atoms with van der Waals surface area (Å²) in [6, 6.07) is 3.27. The number of anilines is 1. The molecule has 0 aromatic heterocycles. The lowest BCUT2D eigenvalue weighted by Gasteiger charge is -2.13. The van der Waals surface area contributed by atoms with Crippen molar-refractivity contribution in [2.75, 3.05) is 33.2 Å². The number of methoxy groups -OCH3 is 3. The number of benzene rings is 1. The summed E-state index contributed by atoms with van der Waals surface area (Å²) in [6.45, 7) is 0.0372. The smallest absolute Gasteiger partial charge is 0.325 e. The fourth-order valence-electron chi connectivity index (χ4n) is 1.24. The Labute approximate surface area is 105 Å². The van der Waals surface area contributed by atoms with Gasteiger partial charge in [0.25, 0.3) is 0 Å². The third-order valence-corrected chi connectivity index (χ3v) is 2.42. The number of hydrogen-bond acceptors (Lipinski definition) is 5. The number of carbonyl (C=O) groups excluding carboxylic acids is 1. The summed E-state index contributed by atoms with van der Waals surface area (Å²) in [4.78, 5) is 11.0. The molecule has 0 radical (unpaired) electrons. The van der Waals surface area contributed by atoms with Crippen LogP contribution in [0.1, 0.15) is 0 Å². The summed E-state index contributed by atoms with van der Waals surface area (Å²) in [5.41, 5.74) is 0.601. The van der Waals surface area contributed by atoms with Gasteiger partial charge in [0.05, 0.1) is 32.0 Å². The zero-order chi connectivity index (χ0) is 12.8. The van der Waals surface area contributed by atoms with E-state index in [0.29, 0.717) is 22.2 Å². The molecular weight excluding hydrogens is 246 g/mol. The van der Waals surface area contributed by atoms with E-state index in [1.807, 2.05) is 0 Å². The summed E-state index contributed by atoms with van der Waals surface area (Å²) in [5, 5.41) is 3.30. The van der Waals surface area contributed by atoms with Crippen LogP contribution in [-0.2, 0) is 9.53 Å². The molecule has 0 atom stereocenters. The van der Waals surface area contributed by atoms with Crippen molar-refractivity contribution < 1.29 is 19.0 Å². The highest BCUT2D eigenvalue weighted by atomic mass is 35.5. The molecule has 94 valence electrons. The van der Waals surface area contributed by atoms with Crippen LogP contribution in [0.25, 0.3) is 0 Å². The highest BCUT2D eigenvalue weighted by molar-refractivity contribution is 6.32. The van der Waals surface area contributed by atoms with Crippen molar-refractivity contribution in [3.05, 3.63) is 17.2 Å². The number of esters is 1. The summed E-state index contributed by atoms with van der Waals surface area (Å²) >= 11 is 5.97. The maximum absolute atomic E-state index is 11.0. The molecule has 6 heteroatoms. The molecule has 1 N–H and O–H groups in total. The first kappa shape index (κ1) is 13.4. The molecule has 0 unspecified atom stereocenters. The van der Waals surface area contributed by atoms with Gasteiger partial charge in [-0.3, -0.25) is 4.79 Å². The maximum Gasteiger partial charge on any atom is 0.325 e. The molecular formula is C11H14ClNO4. The van der Waals surface area contributed by atoms with Crippen molar-refractivity contribution in [2.45, 2.75) is 0 Å². The van der Waals surface area contributed by atoms with Crippen molar-refractivity contribution in [3.63, 3.8) is 0 Å². The standard InChI is InChI=1S/C11H14ClNO4/c1-15-9-5-10(16-2)8(4-7(9)12)13-6-11(14)17-3/h4-5,13H,6H2,1-3H3. The number of nitrogens with one attached hydrogen (secondary N) is 1. The molecule has 0 aliphatic heterocycles. The van der Waals surface area contributed by atoms with E-state index in [4.69, 9.17) is 21.1 Å². The number of rotatable bonds is 5.